The number of rotatable bonds is 2. The maximum absolute atomic E-state index is 13.0. The van der Waals surface area contributed by atoms with Gasteiger partial charge in [-0.05, 0) is 31.5 Å². The highest BCUT2D eigenvalue weighted by Gasteiger charge is 2.13. The molecule has 0 atom stereocenters. The Labute approximate surface area is 107 Å². The van der Waals surface area contributed by atoms with E-state index < -0.39 is 11.6 Å². The van der Waals surface area contributed by atoms with Gasteiger partial charge in [0.15, 0.2) is 11.6 Å². The summed E-state index contributed by atoms with van der Waals surface area (Å²) in [6, 6.07) is 3.27. The van der Waals surface area contributed by atoms with Crippen LogP contribution >= 0.6 is 11.3 Å². The van der Waals surface area contributed by atoms with E-state index >= 15 is 0 Å². The molecule has 2 nitrogen and oxygen atoms in total. The number of hydrogen-bond acceptors (Lipinski definition) is 2. The van der Waals surface area contributed by atoms with Gasteiger partial charge in [-0.15, -0.1) is 11.3 Å². The van der Waals surface area contributed by atoms with Crippen molar-refractivity contribution in [2.75, 3.05) is 5.32 Å². The van der Waals surface area contributed by atoms with E-state index in [4.69, 9.17) is 0 Å². The summed E-state index contributed by atoms with van der Waals surface area (Å²) < 4.78 is 25.7. The fourth-order valence-corrected chi connectivity index (χ4v) is 2.38. The quantitative estimate of drug-likeness (QED) is 0.878. The Morgan fingerprint density at radius 1 is 1.22 bits per heavy atom. The Hall–Kier alpha value is -1.75. The van der Waals surface area contributed by atoms with Gasteiger partial charge in [0.25, 0.3) is 5.91 Å². The molecule has 0 unspecified atom stereocenters. The second-order valence-corrected chi connectivity index (χ2v) is 5.00. The Kier molecular flexibility index (Phi) is 3.43. The van der Waals surface area contributed by atoms with E-state index in [1.165, 1.54) is 17.4 Å². The molecule has 5 heteroatoms. The number of anilines is 1. The number of carbonyl (C=O) groups is 1. The minimum Gasteiger partial charge on any atom is -0.322 e. The lowest BCUT2D eigenvalue weighted by Gasteiger charge is -2.05. The molecule has 1 aromatic heterocycles. The molecule has 1 heterocycles. The lowest BCUT2D eigenvalue weighted by molar-refractivity contribution is 0.102. The monoisotopic (exact) mass is 267 g/mol. The van der Waals surface area contributed by atoms with Crippen LogP contribution in [-0.2, 0) is 0 Å². The van der Waals surface area contributed by atoms with E-state index in [1.807, 2.05) is 13.8 Å². The summed E-state index contributed by atoms with van der Waals surface area (Å²) in [6.07, 6.45) is 0. The van der Waals surface area contributed by atoms with Crippen LogP contribution < -0.4 is 5.32 Å². The number of hydrogen-bond donors (Lipinski definition) is 1. The highest BCUT2D eigenvalue weighted by atomic mass is 32.1. The first-order valence-electron chi connectivity index (χ1n) is 5.30. The smallest absolute Gasteiger partial charge is 0.256 e. The van der Waals surface area contributed by atoms with Gasteiger partial charge < -0.3 is 5.32 Å². The van der Waals surface area contributed by atoms with Gasteiger partial charge >= 0.3 is 0 Å². The van der Waals surface area contributed by atoms with Crippen molar-refractivity contribution in [3.8, 4) is 0 Å². The summed E-state index contributed by atoms with van der Waals surface area (Å²) in [5, 5.41) is 4.29. The highest BCUT2D eigenvalue weighted by molar-refractivity contribution is 7.10. The molecular formula is C13H11F2NOS. The van der Waals surface area contributed by atoms with E-state index in [2.05, 4.69) is 5.32 Å². The molecule has 18 heavy (non-hydrogen) atoms. The van der Waals surface area contributed by atoms with E-state index in [0.29, 0.717) is 5.56 Å². The minimum atomic E-state index is -0.981. The van der Waals surface area contributed by atoms with E-state index in [0.717, 1.165) is 22.6 Å². The summed E-state index contributed by atoms with van der Waals surface area (Å²) >= 11 is 1.48. The first-order valence-corrected chi connectivity index (χ1v) is 6.18. The molecule has 94 valence electrons. The maximum atomic E-state index is 13.0. The SMILES string of the molecule is Cc1scc(C(=O)Nc2ccc(F)c(F)c2)c1C. The number of halogens is 2. The molecule has 2 aromatic rings. The zero-order valence-corrected chi connectivity index (χ0v) is 10.7. The molecule has 0 aliphatic rings. The summed E-state index contributed by atoms with van der Waals surface area (Å²) in [5.41, 5.74) is 1.70. The number of nitrogens with one attached hydrogen (secondary N) is 1. The van der Waals surface area contributed by atoms with Crippen molar-refractivity contribution in [2.45, 2.75) is 13.8 Å². The molecule has 0 saturated carbocycles. The van der Waals surface area contributed by atoms with Gasteiger partial charge in [-0.2, -0.15) is 0 Å². The van der Waals surface area contributed by atoms with Crippen LogP contribution in [0.5, 0.6) is 0 Å². The summed E-state index contributed by atoms with van der Waals surface area (Å²) in [7, 11) is 0. The van der Waals surface area contributed by atoms with E-state index in [-0.39, 0.29) is 11.6 Å². The van der Waals surface area contributed by atoms with Gasteiger partial charge in [-0.3, -0.25) is 4.79 Å². The zero-order chi connectivity index (χ0) is 13.3. The summed E-state index contributed by atoms with van der Waals surface area (Å²) in [4.78, 5) is 13.0. The van der Waals surface area contributed by atoms with Crippen LogP contribution in [0.3, 0.4) is 0 Å². The van der Waals surface area contributed by atoms with Gasteiger partial charge in [0.05, 0.1) is 5.56 Å². The zero-order valence-electron chi connectivity index (χ0n) is 9.88. The lowest BCUT2D eigenvalue weighted by Crippen LogP contribution is -2.12. The van der Waals surface area contributed by atoms with Crippen molar-refractivity contribution >= 4 is 22.9 Å². The molecule has 0 spiro atoms. The Balaban J connectivity index is 2.21. The summed E-state index contributed by atoms with van der Waals surface area (Å²) in [5.74, 6) is -2.23. The molecule has 0 fully saturated rings. The first kappa shape index (κ1) is 12.7. The highest BCUT2D eigenvalue weighted by Crippen LogP contribution is 2.22. The Morgan fingerprint density at radius 2 is 1.94 bits per heavy atom. The van der Waals surface area contributed by atoms with Crippen LogP contribution in [0, 0.1) is 25.5 Å². The molecular weight excluding hydrogens is 256 g/mol. The van der Waals surface area contributed by atoms with Crippen molar-refractivity contribution in [1.82, 2.24) is 0 Å². The number of thiophene rings is 1. The number of aryl methyl sites for hydroxylation is 1. The summed E-state index contributed by atoms with van der Waals surface area (Å²) in [6.45, 7) is 3.78. The van der Waals surface area contributed by atoms with Gasteiger partial charge in [0.1, 0.15) is 0 Å². The molecule has 1 N–H and O–H groups in total. The van der Waals surface area contributed by atoms with Gasteiger partial charge in [0, 0.05) is 22.0 Å². The van der Waals surface area contributed by atoms with Gasteiger partial charge in [-0.1, -0.05) is 0 Å². The van der Waals surface area contributed by atoms with Crippen LogP contribution in [0.1, 0.15) is 20.8 Å². The third kappa shape index (κ3) is 2.41. The third-order valence-corrected chi connectivity index (χ3v) is 3.72. The normalized spacial score (nSPS) is 10.4. The Bertz CT molecular complexity index is 607. The molecule has 2 rings (SSSR count). The second-order valence-electron chi connectivity index (χ2n) is 3.91. The average Bonchev–Trinajstić information content (AvgIpc) is 2.65. The molecule has 1 amide bonds. The van der Waals surface area contributed by atoms with Crippen molar-refractivity contribution in [1.29, 1.82) is 0 Å². The standard InChI is InChI=1S/C13H11F2NOS/c1-7-8(2)18-6-10(7)13(17)16-9-3-4-11(14)12(15)5-9/h3-6H,1-2H3,(H,16,17). The van der Waals surface area contributed by atoms with Gasteiger partial charge in [0.2, 0.25) is 0 Å². The average molecular weight is 267 g/mol. The molecule has 1 aromatic carbocycles. The second kappa shape index (κ2) is 4.86. The van der Waals surface area contributed by atoms with Crippen molar-refractivity contribution < 1.29 is 13.6 Å². The van der Waals surface area contributed by atoms with Crippen LogP contribution in [0.2, 0.25) is 0 Å². The predicted octanol–water partition coefficient (Wildman–Crippen LogP) is 3.90. The van der Waals surface area contributed by atoms with Crippen molar-refractivity contribution in [3.05, 3.63) is 51.2 Å². The topological polar surface area (TPSA) is 29.1 Å². The van der Waals surface area contributed by atoms with E-state index in [1.54, 1.807) is 5.38 Å². The largest absolute Gasteiger partial charge is 0.322 e. The number of amides is 1. The van der Waals surface area contributed by atoms with Crippen LogP contribution in [0.4, 0.5) is 14.5 Å². The fraction of sp³-hybridized carbons (Fsp3) is 0.154. The van der Waals surface area contributed by atoms with Crippen LogP contribution in [0.15, 0.2) is 23.6 Å². The van der Waals surface area contributed by atoms with Crippen LogP contribution in [-0.4, -0.2) is 5.91 Å². The first-order chi connectivity index (χ1) is 8.49. The maximum Gasteiger partial charge on any atom is 0.256 e. The molecule has 0 aliphatic carbocycles. The number of carbonyl (C=O) groups excluding carboxylic acids is 1. The lowest BCUT2D eigenvalue weighted by atomic mass is 10.1. The Morgan fingerprint density at radius 3 is 2.50 bits per heavy atom. The molecule has 0 bridgehead atoms. The van der Waals surface area contributed by atoms with Gasteiger partial charge in [-0.25, -0.2) is 8.78 Å². The third-order valence-electron chi connectivity index (χ3n) is 2.71. The van der Waals surface area contributed by atoms with Crippen molar-refractivity contribution in [2.24, 2.45) is 0 Å². The van der Waals surface area contributed by atoms with Crippen LogP contribution in [0.25, 0.3) is 0 Å². The van der Waals surface area contributed by atoms with E-state index in [9.17, 15) is 13.6 Å². The number of benzene rings is 1. The molecule has 0 saturated heterocycles. The minimum absolute atomic E-state index is 0.238. The fourth-order valence-electron chi connectivity index (χ4n) is 1.51. The van der Waals surface area contributed by atoms with Crippen molar-refractivity contribution in [3.63, 3.8) is 0 Å². The predicted molar refractivity (Wildman–Crippen MR) is 68.1 cm³/mol. The molecule has 0 aliphatic heterocycles. The molecule has 0 radical (unpaired) electrons.